The molecule has 2 aromatic carbocycles. The van der Waals surface area contributed by atoms with Crippen LogP contribution in [0, 0.1) is 0 Å². The highest BCUT2D eigenvalue weighted by atomic mass is 16.5. The Morgan fingerprint density at radius 1 is 1.15 bits per heavy atom. The van der Waals surface area contributed by atoms with E-state index in [0.29, 0.717) is 24.5 Å². The summed E-state index contributed by atoms with van der Waals surface area (Å²) in [6.45, 7) is 10.3. The molecule has 0 bridgehead atoms. The van der Waals surface area contributed by atoms with E-state index in [-0.39, 0.29) is 17.2 Å². The van der Waals surface area contributed by atoms with E-state index in [1.807, 2.05) is 28.9 Å². The van der Waals surface area contributed by atoms with Gasteiger partial charge in [-0.25, -0.2) is 4.68 Å². The largest absolute Gasteiger partial charge is 0.497 e. The summed E-state index contributed by atoms with van der Waals surface area (Å²) in [6, 6.07) is 15.7. The molecule has 1 saturated heterocycles. The number of nitrogens with zero attached hydrogens (tertiary/aromatic N) is 5. The van der Waals surface area contributed by atoms with Gasteiger partial charge in [0.05, 0.1) is 18.8 Å². The van der Waals surface area contributed by atoms with Crippen LogP contribution in [0.3, 0.4) is 0 Å². The number of hydrogen-bond acceptors (Lipinski definition) is 7. The van der Waals surface area contributed by atoms with Gasteiger partial charge in [-0.15, -0.1) is 5.10 Å². The van der Waals surface area contributed by atoms with Gasteiger partial charge in [0.2, 0.25) is 0 Å². The summed E-state index contributed by atoms with van der Waals surface area (Å²) < 4.78 is 13.3. The molecule has 1 aliphatic heterocycles. The number of benzene rings is 2. The summed E-state index contributed by atoms with van der Waals surface area (Å²) in [5.41, 5.74) is 3.21. The summed E-state index contributed by atoms with van der Waals surface area (Å²) in [5, 5.41) is 14.0. The van der Waals surface area contributed by atoms with Crippen LogP contribution in [0.1, 0.15) is 69.1 Å². The van der Waals surface area contributed by atoms with Crippen molar-refractivity contribution in [1.29, 1.82) is 0 Å². The average Bonchev–Trinajstić information content (AvgIpc) is 3.62. The molecule has 0 aliphatic carbocycles. The Morgan fingerprint density at radius 3 is 2.59 bits per heavy atom. The Bertz CT molecular complexity index is 1460. The van der Waals surface area contributed by atoms with E-state index in [1.165, 1.54) is 5.56 Å². The van der Waals surface area contributed by atoms with Crippen molar-refractivity contribution < 1.29 is 9.47 Å². The smallest absolute Gasteiger partial charge is 0.253 e. The van der Waals surface area contributed by atoms with Gasteiger partial charge in [0, 0.05) is 30.8 Å². The van der Waals surface area contributed by atoms with Gasteiger partial charge in [-0.2, -0.15) is 0 Å². The number of methoxy groups -OCH3 is 1. The standard InChI is InChI=1S/C30H38N6O3/c1-6-20-11-14-26-22(16-20)17-25(29(37)31-26)27(28-32-33-34-36(28)30(2,3)4)35(19-24-8-7-15-39-24)18-21-9-12-23(38-5)13-10-21/h9-14,16-17,24,27H,6-8,15,18-19H2,1-5H3,(H,31,37)/t24-,27-/m0/s1. The monoisotopic (exact) mass is 530 g/mol. The summed E-state index contributed by atoms with van der Waals surface area (Å²) in [6.07, 6.45) is 2.99. The molecule has 9 heteroatoms. The fraction of sp³-hybridized carbons (Fsp3) is 0.467. The Balaban J connectivity index is 1.68. The normalized spacial score (nSPS) is 16.7. The molecular weight excluding hydrogens is 492 g/mol. The van der Waals surface area contributed by atoms with Crippen molar-refractivity contribution in [2.24, 2.45) is 0 Å². The number of fused-ring (bicyclic) bond motifs is 1. The number of ether oxygens (including phenoxy) is 2. The Kier molecular flexibility index (Phi) is 7.81. The second kappa shape index (κ2) is 11.3. The van der Waals surface area contributed by atoms with Gasteiger partial charge >= 0.3 is 0 Å². The lowest BCUT2D eigenvalue weighted by molar-refractivity contribution is 0.0564. The van der Waals surface area contributed by atoms with Crippen LogP contribution < -0.4 is 10.3 Å². The van der Waals surface area contributed by atoms with E-state index in [9.17, 15) is 4.79 Å². The highest BCUT2D eigenvalue weighted by Gasteiger charge is 2.35. The van der Waals surface area contributed by atoms with Crippen molar-refractivity contribution in [2.45, 2.75) is 71.2 Å². The number of hydrogen-bond donors (Lipinski definition) is 1. The lowest BCUT2D eigenvalue weighted by Gasteiger charge is -2.34. The molecule has 206 valence electrons. The van der Waals surface area contributed by atoms with E-state index in [0.717, 1.165) is 48.1 Å². The second-order valence-corrected chi connectivity index (χ2v) is 11.3. The molecule has 2 atom stereocenters. The second-order valence-electron chi connectivity index (χ2n) is 11.3. The molecule has 0 radical (unpaired) electrons. The quantitative estimate of drug-likeness (QED) is 0.337. The van der Waals surface area contributed by atoms with Crippen LogP contribution >= 0.6 is 0 Å². The molecule has 3 heterocycles. The maximum Gasteiger partial charge on any atom is 0.253 e. The van der Waals surface area contributed by atoms with E-state index in [4.69, 9.17) is 9.47 Å². The molecule has 4 aromatic rings. The minimum absolute atomic E-state index is 0.0657. The molecule has 0 unspecified atom stereocenters. The first-order chi connectivity index (χ1) is 18.8. The molecular formula is C30H38N6O3. The van der Waals surface area contributed by atoms with Crippen LogP contribution in [-0.4, -0.2) is 56.5 Å². The highest BCUT2D eigenvalue weighted by Crippen LogP contribution is 2.32. The minimum atomic E-state index is -0.496. The van der Waals surface area contributed by atoms with Crippen LogP contribution in [-0.2, 0) is 23.2 Å². The molecule has 0 spiro atoms. The van der Waals surface area contributed by atoms with Gasteiger partial charge in [0.15, 0.2) is 5.82 Å². The topological polar surface area (TPSA) is 98.2 Å². The first-order valence-electron chi connectivity index (χ1n) is 13.7. The first kappa shape index (κ1) is 27.0. The summed E-state index contributed by atoms with van der Waals surface area (Å²) in [5.74, 6) is 1.43. The highest BCUT2D eigenvalue weighted by molar-refractivity contribution is 5.80. The lowest BCUT2D eigenvalue weighted by Crippen LogP contribution is -2.40. The lowest BCUT2D eigenvalue weighted by atomic mass is 9.99. The molecule has 0 saturated carbocycles. The molecule has 1 N–H and O–H groups in total. The Labute approximate surface area is 229 Å². The SMILES string of the molecule is CCc1ccc2[nH]c(=O)c([C@@H](c3nnnn3C(C)(C)C)N(Cc3ccc(OC)cc3)C[C@@H]3CCCO3)cc2c1. The number of nitrogens with one attached hydrogen (secondary N) is 1. The zero-order valence-electron chi connectivity index (χ0n) is 23.5. The Morgan fingerprint density at radius 2 is 1.92 bits per heavy atom. The summed E-state index contributed by atoms with van der Waals surface area (Å²) in [7, 11) is 1.66. The van der Waals surface area contributed by atoms with Crippen molar-refractivity contribution >= 4 is 10.9 Å². The summed E-state index contributed by atoms with van der Waals surface area (Å²) >= 11 is 0. The molecule has 1 aliphatic rings. The van der Waals surface area contributed by atoms with Crippen molar-refractivity contribution in [3.63, 3.8) is 0 Å². The van der Waals surface area contributed by atoms with Gasteiger partial charge in [-0.1, -0.05) is 25.1 Å². The van der Waals surface area contributed by atoms with Crippen molar-refractivity contribution in [2.75, 3.05) is 20.3 Å². The van der Waals surface area contributed by atoms with Gasteiger partial charge < -0.3 is 14.5 Å². The third kappa shape index (κ3) is 5.89. The molecule has 9 nitrogen and oxygen atoms in total. The van der Waals surface area contributed by atoms with Gasteiger partial charge in [-0.05, 0) is 97.3 Å². The van der Waals surface area contributed by atoms with E-state index < -0.39 is 6.04 Å². The molecule has 1 fully saturated rings. The predicted octanol–water partition coefficient (Wildman–Crippen LogP) is 4.61. The van der Waals surface area contributed by atoms with Crippen LogP contribution in [0.4, 0.5) is 0 Å². The third-order valence-electron chi connectivity index (χ3n) is 7.39. The fourth-order valence-corrected chi connectivity index (χ4v) is 5.31. The van der Waals surface area contributed by atoms with Crippen molar-refractivity contribution in [1.82, 2.24) is 30.1 Å². The molecule has 5 rings (SSSR count). The van der Waals surface area contributed by atoms with Crippen LogP contribution in [0.2, 0.25) is 0 Å². The molecule has 2 aromatic heterocycles. The van der Waals surface area contributed by atoms with Crippen molar-refractivity contribution in [3.8, 4) is 5.75 Å². The zero-order valence-corrected chi connectivity index (χ0v) is 23.5. The van der Waals surface area contributed by atoms with E-state index >= 15 is 0 Å². The fourth-order valence-electron chi connectivity index (χ4n) is 5.31. The number of aromatic amines is 1. The number of H-pyrrole nitrogens is 1. The Hall–Kier alpha value is -3.56. The maximum atomic E-state index is 13.8. The number of aryl methyl sites for hydroxylation is 1. The number of pyridine rings is 1. The maximum absolute atomic E-state index is 13.8. The minimum Gasteiger partial charge on any atom is -0.497 e. The van der Waals surface area contributed by atoms with Crippen LogP contribution in [0.5, 0.6) is 5.75 Å². The van der Waals surface area contributed by atoms with E-state index in [1.54, 1.807) is 7.11 Å². The van der Waals surface area contributed by atoms with Crippen LogP contribution in [0.15, 0.2) is 53.3 Å². The average molecular weight is 531 g/mol. The predicted molar refractivity (Wildman–Crippen MR) is 151 cm³/mol. The summed E-state index contributed by atoms with van der Waals surface area (Å²) in [4.78, 5) is 19.2. The van der Waals surface area contributed by atoms with Crippen LogP contribution in [0.25, 0.3) is 10.9 Å². The number of aromatic nitrogens is 5. The first-order valence-corrected chi connectivity index (χ1v) is 13.7. The zero-order chi connectivity index (χ0) is 27.6. The third-order valence-corrected chi connectivity index (χ3v) is 7.39. The number of rotatable bonds is 9. The van der Waals surface area contributed by atoms with Gasteiger partial charge in [-0.3, -0.25) is 9.69 Å². The van der Waals surface area contributed by atoms with Crippen molar-refractivity contribution in [3.05, 3.63) is 81.4 Å². The molecule has 39 heavy (non-hydrogen) atoms. The number of tetrazole rings is 1. The van der Waals surface area contributed by atoms with E-state index in [2.05, 4.69) is 77.4 Å². The van der Waals surface area contributed by atoms with Gasteiger partial charge in [0.1, 0.15) is 11.8 Å². The molecule has 0 amide bonds. The van der Waals surface area contributed by atoms with Gasteiger partial charge in [0.25, 0.3) is 5.56 Å².